The van der Waals surface area contributed by atoms with E-state index in [1.54, 1.807) is 19.5 Å². The number of rotatable bonds is 7. The highest BCUT2D eigenvalue weighted by Gasteiger charge is 2.29. The van der Waals surface area contributed by atoms with Crippen LogP contribution in [0.25, 0.3) is 11.3 Å². The average Bonchev–Trinajstić information content (AvgIpc) is 3.15. The largest absolute Gasteiger partial charge is 0.377 e. The molecular formula is C20H24N6O2. The Morgan fingerprint density at radius 1 is 1.21 bits per heavy atom. The monoisotopic (exact) mass is 380 g/mol. The highest BCUT2D eigenvalue weighted by molar-refractivity contribution is 5.57. The molecular weight excluding hydrogens is 356 g/mol. The lowest BCUT2D eigenvalue weighted by Gasteiger charge is -2.32. The summed E-state index contributed by atoms with van der Waals surface area (Å²) in [5.74, 6) is 2.66. The van der Waals surface area contributed by atoms with Gasteiger partial charge in [-0.2, -0.15) is 0 Å². The van der Waals surface area contributed by atoms with Crippen molar-refractivity contribution in [3.05, 3.63) is 53.9 Å². The van der Waals surface area contributed by atoms with Crippen LogP contribution in [0.3, 0.4) is 0 Å². The lowest BCUT2D eigenvalue weighted by atomic mass is 9.78. The molecule has 1 aliphatic rings. The van der Waals surface area contributed by atoms with Gasteiger partial charge in [0, 0.05) is 61.9 Å². The zero-order chi connectivity index (χ0) is 19.5. The molecule has 8 heteroatoms. The second kappa shape index (κ2) is 8.04. The number of ether oxygens (including phenoxy) is 1. The van der Waals surface area contributed by atoms with Crippen LogP contribution in [0.1, 0.15) is 36.0 Å². The van der Waals surface area contributed by atoms with Crippen LogP contribution in [0, 0.1) is 0 Å². The fraction of sp³-hybridized carbons (Fsp3) is 0.400. The summed E-state index contributed by atoms with van der Waals surface area (Å²) < 4.78 is 10.8. The number of pyridine rings is 1. The molecule has 0 bridgehead atoms. The second-order valence-electron chi connectivity index (χ2n) is 7.20. The minimum absolute atomic E-state index is 0.271. The fourth-order valence-corrected chi connectivity index (χ4v) is 3.37. The maximum atomic E-state index is 5.95. The molecule has 3 aromatic rings. The molecule has 0 saturated heterocycles. The van der Waals surface area contributed by atoms with Gasteiger partial charge in [-0.25, -0.2) is 9.97 Å². The van der Waals surface area contributed by atoms with Gasteiger partial charge in [0.15, 0.2) is 11.6 Å². The van der Waals surface area contributed by atoms with E-state index in [-0.39, 0.29) is 6.04 Å². The third-order valence-electron chi connectivity index (χ3n) is 4.96. The molecule has 28 heavy (non-hydrogen) atoms. The Kier molecular flexibility index (Phi) is 5.31. The van der Waals surface area contributed by atoms with Crippen molar-refractivity contribution in [1.82, 2.24) is 20.1 Å². The third kappa shape index (κ3) is 4.02. The Labute approximate surface area is 163 Å². The van der Waals surface area contributed by atoms with Gasteiger partial charge in [-0.3, -0.25) is 4.98 Å². The number of hydrogen-bond donors (Lipinski definition) is 1. The first kappa shape index (κ1) is 18.5. The molecule has 0 aliphatic heterocycles. The van der Waals surface area contributed by atoms with E-state index >= 15 is 0 Å². The molecule has 4 rings (SSSR count). The lowest BCUT2D eigenvalue weighted by Crippen LogP contribution is -2.35. The summed E-state index contributed by atoms with van der Waals surface area (Å²) in [6.07, 6.45) is 5.40. The van der Waals surface area contributed by atoms with Crippen molar-refractivity contribution in [2.24, 2.45) is 5.73 Å². The number of methoxy groups -OCH3 is 1. The van der Waals surface area contributed by atoms with Crippen LogP contribution in [0.5, 0.6) is 0 Å². The van der Waals surface area contributed by atoms with Gasteiger partial charge in [-0.05, 0) is 25.0 Å². The Morgan fingerprint density at radius 2 is 2.00 bits per heavy atom. The molecule has 1 aliphatic carbocycles. The van der Waals surface area contributed by atoms with E-state index in [1.807, 2.05) is 36.2 Å². The summed E-state index contributed by atoms with van der Waals surface area (Å²) in [6, 6.07) is 8.06. The van der Waals surface area contributed by atoms with E-state index in [1.165, 1.54) is 0 Å². The summed E-state index contributed by atoms with van der Waals surface area (Å²) in [4.78, 5) is 15.3. The molecule has 0 atom stereocenters. The van der Waals surface area contributed by atoms with Crippen LogP contribution in [-0.4, -0.2) is 40.3 Å². The van der Waals surface area contributed by atoms with Crippen LogP contribution < -0.4 is 10.6 Å². The number of hydrogen-bond acceptors (Lipinski definition) is 8. The van der Waals surface area contributed by atoms with Crippen molar-refractivity contribution in [3.63, 3.8) is 0 Å². The number of nitrogens with two attached hydrogens (primary N) is 1. The molecule has 0 amide bonds. The average molecular weight is 380 g/mol. The Morgan fingerprint density at radius 3 is 2.71 bits per heavy atom. The van der Waals surface area contributed by atoms with Crippen molar-refractivity contribution < 1.29 is 9.26 Å². The van der Waals surface area contributed by atoms with E-state index in [4.69, 9.17) is 15.0 Å². The molecule has 2 N–H and O–H groups in total. The van der Waals surface area contributed by atoms with Crippen molar-refractivity contribution >= 4 is 5.82 Å². The maximum absolute atomic E-state index is 5.95. The normalized spacial score (nSPS) is 18.7. The van der Waals surface area contributed by atoms with Crippen LogP contribution in [0.2, 0.25) is 0 Å². The Bertz CT molecular complexity index is 923. The molecule has 0 spiro atoms. The third-order valence-corrected chi connectivity index (χ3v) is 4.96. The molecule has 1 saturated carbocycles. The van der Waals surface area contributed by atoms with E-state index in [0.29, 0.717) is 24.9 Å². The van der Waals surface area contributed by atoms with Crippen molar-refractivity contribution in [2.75, 3.05) is 19.1 Å². The molecule has 0 radical (unpaired) electrons. The molecule has 0 aromatic carbocycles. The quantitative estimate of drug-likeness (QED) is 0.667. The predicted molar refractivity (Wildman–Crippen MR) is 105 cm³/mol. The van der Waals surface area contributed by atoms with E-state index < -0.39 is 0 Å². The van der Waals surface area contributed by atoms with Gasteiger partial charge in [0.05, 0.1) is 6.54 Å². The topological polar surface area (TPSA) is 103 Å². The van der Waals surface area contributed by atoms with Gasteiger partial charge in [-0.1, -0.05) is 5.16 Å². The van der Waals surface area contributed by atoms with Crippen LogP contribution >= 0.6 is 0 Å². The van der Waals surface area contributed by atoms with E-state index in [9.17, 15) is 0 Å². The highest BCUT2D eigenvalue weighted by atomic mass is 16.5. The smallest absolute Gasteiger partial charge is 0.156 e. The molecule has 146 valence electrons. The first-order valence-corrected chi connectivity index (χ1v) is 9.32. The fourth-order valence-electron chi connectivity index (χ4n) is 3.37. The zero-order valence-corrected chi connectivity index (χ0v) is 16.1. The lowest BCUT2D eigenvalue weighted by molar-refractivity contribution is 0.177. The summed E-state index contributed by atoms with van der Waals surface area (Å²) in [5, 5.41) is 4.16. The summed E-state index contributed by atoms with van der Waals surface area (Å²) in [5.41, 5.74) is 8.74. The minimum Gasteiger partial charge on any atom is -0.377 e. The van der Waals surface area contributed by atoms with Crippen LogP contribution in [-0.2, 0) is 17.9 Å². The number of anilines is 1. The first-order valence-electron chi connectivity index (χ1n) is 9.32. The minimum atomic E-state index is 0.271. The SMILES string of the molecule is COCc1nc(C2CC(N)C2)cc(N(C)Cc2cc(-c3ccncc3)no2)n1. The standard InChI is InChI=1S/C20H24N6O2/c1-26(11-16-9-18(25-28-16)13-3-5-22-6-4-13)20-10-17(14-7-15(21)8-14)23-19(24-20)12-27-2/h3-6,9-10,14-15H,7-8,11-12,21H2,1-2H3. The molecule has 3 aromatic heterocycles. The number of aromatic nitrogens is 4. The van der Waals surface area contributed by atoms with Crippen molar-refractivity contribution in [1.29, 1.82) is 0 Å². The first-order chi connectivity index (χ1) is 13.6. The van der Waals surface area contributed by atoms with Crippen molar-refractivity contribution in [3.8, 4) is 11.3 Å². The van der Waals surface area contributed by atoms with Gasteiger partial charge in [-0.15, -0.1) is 0 Å². The number of nitrogens with zero attached hydrogens (tertiary/aromatic N) is 5. The Hall–Kier alpha value is -2.84. The second-order valence-corrected chi connectivity index (χ2v) is 7.20. The summed E-state index contributed by atoms with van der Waals surface area (Å²) >= 11 is 0. The molecule has 3 heterocycles. The zero-order valence-electron chi connectivity index (χ0n) is 16.1. The van der Waals surface area contributed by atoms with Crippen LogP contribution in [0.15, 0.2) is 41.2 Å². The summed E-state index contributed by atoms with van der Waals surface area (Å²) in [7, 11) is 3.62. The van der Waals surface area contributed by atoms with Gasteiger partial charge >= 0.3 is 0 Å². The summed E-state index contributed by atoms with van der Waals surface area (Å²) in [6.45, 7) is 0.924. The van der Waals surface area contributed by atoms with Crippen molar-refractivity contribution in [2.45, 2.75) is 38.0 Å². The Balaban J connectivity index is 1.52. The predicted octanol–water partition coefficient (Wildman–Crippen LogP) is 2.51. The van der Waals surface area contributed by atoms with Gasteiger partial charge in [0.1, 0.15) is 18.1 Å². The molecule has 0 unspecified atom stereocenters. The van der Waals surface area contributed by atoms with E-state index in [2.05, 4.69) is 20.1 Å². The van der Waals surface area contributed by atoms with Gasteiger partial charge < -0.3 is 19.9 Å². The molecule has 1 fully saturated rings. The van der Waals surface area contributed by atoms with Gasteiger partial charge in [0.2, 0.25) is 0 Å². The molecule has 8 nitrogen and oxygen atoms in total. The van der Waals surface area contributed by atoms with Gasteiger partial charge in [0.25, 0.3) is 0 Å². The highest BCUT2D eigenvalue weighted by Crippen LogP contribution is 2.35. The van der Waals surface area contributed by atoms with E-state index in [0.717, 1.165) is 41.4 Å². The van der Waals surface area contributed by atoms with Crippen LogP contribution in [0.4, 0.5) is 5.82 Å². The maximum Gasteiger partial charge on any atom is 0.156 e.